The maximum absolute atomic E-state index is 14.2. The lowest BCUT2D eigenvalue weighted by Crippen LogP contribution is -2.20. The van der Waals surface area contributed by atoms with E-state index in [1.807, 2.05) is 19.4 Å². The first-order valence-corrected chi connectivity index (χ1v) is 6.94. The zero-order chi connectivity index (χ0) is 13.8. The van der Waals surface area contributed by atoms with Crippen LogP contribution in [0, 0.1) is 12.7 Å². The first-order chi connectivity index (χ1) is 9.15. The predicted octanol–water partition coefficient (Wildman–Crippen LogP) is 3.10. The van der Waals surface area contributed by atoms with E-state index in [1.54, 1.807) is 29.5 Å². The Balaban J connectivity index is 2.26. The molecule has 1 aromatic heterocycles. The van der Waals surface area contributed by atoms with Crippen molar-refractivity contribution in [1.82, 2.24) is 10.3 Å². The molecule has 3 nitrogen and oxygen atoms in total. The van der Waals surface area contributed by atoms with Gasteiger partial charge in [0.15, 0.2) is 11.6 Å². The summed E-state index contributed by atoms with van der Waals surface area (Å²) in [5.41, 5.74) is 1.58. The lowest BCUT2D eigenvalue weighted by Gasteiger charge is -2.17. The molecule has 1 unspecified atom stereocenters. The molecule has 2 rings (SSSR count). The summed E-state index contributed by atoms with van der Waals surface area (Å²) in [5.74, 6) is -0.0384. The Bertz CT molecular complexity index is 556. The molecule has 0 saturated heterocycles. The van der Waals surface area contributed by atoms with Crippen LogP contribution in [0.4, 0.5) is 4.39 Å². The lowest BCUT2D eigenvalue weighted by molar-refractivity contribution is 0.380. The van der Waals surface area contributed by atoms with Gasteiger partial charge in [0.2, 0.25) is 0 Å². The molecule has 0 amide bonds. The predicted molar refractivity (Wildman–Crippen MR) is 75.3 cm³/mol. The van der Waals surface area contributed by atoms with Crippen molar-refractivity contribution in [2.45, 2.75) is 19.4 Å². The van der Waals surface area contributed by atoms with Crippen molar-refractivity contribution in [2.24, 2.45) is 0 Å². The Kier molecular flexibility index (Phi) is 4.50. The van der Waals surface area contributed by atoms with Crippen molar-refractivity contribution in [3.05, 3.63) is 45.7 Å². The van der Waals surface area contributed by atoms with Crippen LogP contribution in [0.5, 0.6) is 5.75 Å². The average Bonchev–Trinajstić information content (AvgIpc) is 2.82. The van der Waals surface area contributed by atoms with E-state index in [-0.39, 0.29) is 17.6 Å². The second-order valence-corrected chi connectivity index (χ2v) is 5.33. The Morgan fingerprint density at radius 2 is 2.26 bits per heavy atom. The fourth-order valence-electron chi connectivity index (χ4n) is 2.03. The van der Waals surface area contributed by atoms with Crippen molar-refractivity contribution in [2.75, 3.05) is 14.2 Å². The van der Waals surface area contributed by atoms with Gasteiger partial charge >= 0.3 is 0 Å². The highest BCUT2D eigenvalue weighted by Crippen LogP contribution is 2.27. The normalized spacial score (nSPS) is 12.4. The molecule has 5 heteroatoms. The summed E-state index contributed by atoms with van der Waals surface area (Å²) in [6, 6.07) is 5.08. The number of ether oxygens (including phenoxy) is 1. The van der Waals surface area contributed by atoms with Gasteiger partial charge in [-0.15, -0.1) is 11.3 Å². The summed E-state index contributed by atoms with van der Waals surface area (Å²) in [6.45, 7) is 1.97. The van der Waals surface area contributed by atoms with E-state index in [1.165, 1.54) is 7.11 Å². The number of aromatic nitrogens is 1. The number of aryl methyl sites for hydroxylation is 1. The Hall–Kier alpha value is -1.46. The van der Waals surface area contributed by atoms with Crippen LogP contribution in [0.15, 0.2) is 23.6 Å². The number of rotatable bonds is 5. The van der Waals surface area contributed by atoms with Gasteiger partial charge in [-0.1, -0.05) is 12.1 Å². The van der Waals surface area contributed by atoms with E-state index in [0.717, 1.165) is 10.7 Å². The van der Waals surface area contributed by atoms with Gasteiger partial charge in [-0.25, -0.2) is 9.37 Å². The summed E-state index contributed by atoms with van der Waals surface area (Å²) in [4.78, 5) is 4.42. The van der Waals surface area contributed by atoms with Crippen LogP contribution >= 0.6 is 11.3 Å². The standard InChI is InChI=1S/C14H17FN2OS/c1-9-17-10(8-19-9)7-12(16-2)11-5-4-6-13(18-3)14(11)15/h4-6,8,12,16H,7H2,1-3H3. The molecule has 1 aromatic carbocycles. The highest BCUT2D eigenvalue weighted by Gasteiger charge is 2.18. The highest BCUT2D eigenvalue weighted by atomic mass is 32.1. The summed E-state index contributed by atoms with van der Waals surface area (Å²) < 4.78 is 19.3. The molecule has 0 fully saturated rings. The quantitative estimate of drug-likeness (QED) is 0.914. The summed E-state index contributed by atoms with van der Waals surface area (Å²) in [6.07, 6.45) is 0.658. The number of halogens is 1. The van der Waals surface area contributed by atoms with Crippen molar-refractivity contribution < 1.29 is 9.13 Å². The van der Waals surface area contributed by atoms with E-state index in [2.05, 4.69) is 10.3 Å². The molecule has 0 spiro atoms. The molecule has 0 radical (unpaired) electrons. The minimum Gasteiger partial charge on any atom is -0.494 e. The zero-order valence-corrected chi connectivity index (χ0v) is 12.1. The van der Waals surface area contributed by atoms with Crippen LogP contribution in [0.2, 0.25) is 0 Å². The Labute approximate surface area is 116 Å². The largest absolute Gasteiger partial charge is 0.494 e. The third-order valence-corrected chi connectivity index (χ3v) is 3.84. The number of nitrogens with one attached hydrogen (secondary N) is 1. The summed E-state index contributed by atoms with van der Waals surface area (Å²) in [7, 11) is 3.29. The topological polar surface area (TPSA) is 34.2 Å². The van der Waals surface area contributed by atoms with Gasteiger partial charge in [-0.2, -0.15) is 0 Å². The van der Waals surface area contributed by atoms with Crippen molar-refractivity contribution >= 4 is 11.3 Å². The number of methoxy groups -OCH3 is 1. The molecule has 1 heterocycles. The molecule has 1 atom stereocenters. The number of nitrogens with zero attached hydrogens (tertiary/aromatic N) is 1. The van der Waals surface area contributed by atoms with Gasteiger partial charge < -0.3 is 10.1 Å². The average molecular weight is 280 g/mol. The highest BCUT2D eigenvalue weighted by molar-refractivity contribution is 7.09. The van der Waals surface area contributed by atoms with E-state index in [9.17, 15) is 4.39 Å². The van der Waals surface area contributed by atoms with Crippen LogP contribution in [0.3, 0.4) is 0 Å². The van der Waals surface area contributed by atoms with Crippen LogP contribution < -0.4 is 10.1 Å². The number of benzene rings is 1. The number of thiazole rings is 1. The second kappa shape index (κ2) is 6.12. The maximum Gasteiger partial charge on any atom is 0.169 e. The molecule has 19 heavy (non-hydrogen) atoms. The van der Waals surface area contributed by atoms with Gasteiger partial charge in [0.05, 0.1) is 17.8 Å². The van der Waals surface area contributed by atoms with Crippen molar-refractivity contribution in [3.8, 4) is 5.75 Å². The minimum absolute atomic E-state index is 0.114. The monoisotopic (exact) mass is 280 g/mol. The third kappa shape index (κ3) is 3.11. The van der Waals surface area contributed by atoms with Crippen molar-refractivity contribution in [1.29, 1.82) is 0 Å². The van der Waals surface area contributed by atoms with Gasteiger partial charge in [0, 0.05) is 23.4 Å². The van der Waals surface area contributed by atoms with E-state index >= 15 is 0 Å². The molecule has 0 aliphatic heterocycles. The molecule has 0 bridgehead atoms. The SMILES string of the molecule is CNC(Cc1csc(C)n1)c1cccc(OC)c1F. The van der Waals surface area contributed by atoms with Gasteiger partial charge in [0.1, 0.15) is 0 Å². The minimum atomic E-state index is -0.309. The molecule has 0 aliphatic rings. The van der Waals surface area contributed by atoms with Gasteiger partial charge in [-0.3, -0.25) is 0 Å². The molecule has 0 aliphatic carbocycles. The number of likely N-dealkylation sites (N-methyl/N-ethyl adjacent to an activating group) is 1. The first-order valence-electron chi connectivity index (χ1n) is 6.06. The zero-order valence-electron chi connectivity index (χ0n) is 11.2. The van der Waals surface area contributed by atoms with E-state index in [0.29, 0.717) is 12.0 Å². The first kappa shape index (κ1) is 14.0. The molecular weight excluding hydrogens is 263 g/mol. The Morgan fingerprint density at radius 1 is 1.47 bits per heavy atom. The van der Waals surface area contributed by atoms with Crippen molar-refractivity contribution in [3.63, 3.8) is 0 Å². The number of hydrogen-bond acceptors (Lipinski definition) is 4. The summed E-state index contributed by atoms with van der Waals surface area (Å²) in [5, 5.41) is 6.17. The second-order valence-electron chi connectivity index (χ2n) is 4.27. The van der Waals surface area contributed by atoms with E-state index < -0.39 is 0 Å². The molecule has 2 aromatic rings. The fourth-order valence-corrected chi connectivity index (χ4v) is 2.66. The molecular formula is C14H17FN2OS. The van der Waals surface area contributed by atoms with E-state index in [4.69, 9.17) is 4.74 Å². The smallest absolute Gasteiger partial charge is 0.169 e. The van der Waals surface area contributed by atoms with Gasteiger partial charge in [0.25, 0.3) is 0 Å². The maximum atomic E-state index is 14.2. The fraction of sp³-hybridized carbons (Fsp3) is 0.357. The van der Waals surface area contributed by atoms with Crippen LogP contribution in [0.1, 0.15) is 22.3 Å². The van der Waals surface area contributed by atoms with Crippen LogP contribution in [0.25, 0.3) is 0 Å². The molecule has 1 N–H and O–H groups in total. The molecule has 0 saturated carbocycles. The summed E-state index contributed by atoms with van der Waals surface area (Å²) >= 11 is 1.61. The van der Waals surface area contributed by atoms with Crippen LogP contribution in [-0.4, -0.2) is 19.1 Å². The Morgan fingerprint density at radius 3 is 2.84 bits per heavy atom. The van der Waals surface area contributed by atoms with Crippen LogP contribution in [-0.2, 0) is 6.42 Å². The third-order valence-electron chi connectivity index (χ3n) is 3.02. The number of hydrogen-bond donors (Lipinski definition) is 1. The lowest BCUT2D eigenvalue weighted by atomic mass is 10.0. The van der Waals surface area contributed by atoms with Gasteiger partial charge in [-0.05, 0) is 20.0 Å². The molecule has 102 valence electrons.